The Kier molecular flexibility index (Phi) is 4.79. The summed E-state index contributed by atoms with van der Waals surface area (Å²) in [6.07, 6.45) is 2.04. The number of para-hydroxylation sites is 1. The van der Waals surface area contributed by atoms with Gasteiger partial charge >= 0.3 is 6.03 Å². The van der Waals surface area contributed by atoms with E-state index in [1.807, 2.05) is 41.4 Å². The standard InChI is InChI=1S/C26H22FN3O/c1-18-7-2-4-9-22(18)25-24-11-6-16-29(24)23-10-5-3-8-19(23)17-30(25)26(31)28-21-14-12-20(27)13-15-21/h2-16,25H,17H2,1H3,(H,28,31)/t25-/m0/s1. The lowest BCUT2D eigenvalue weighted by molar-refractivity contribution is 0.194. The highest BCUT2D eigenvalue weighted by Crippen LogP contribution is 2.38. The Labute approximate surface area is 180 Å². The van der Waals surface area contributed by atoms with Crippen molar-refractivity contribution < 1.29 is 9.18 Å². The summed E-state index contributed by atoms with van der Waals surface area (Å²) < 4.78 is 15.5. The van der Waals surface area contributed by atoms with Crippen molar-refractivity contribution in [1.82, 2.24) is 9.47 Å². The number of aromatic nitrogens is 1. The summed E-state index contributed by atoms with van der Waals surface area (Å²) in [5.74, 6) is -0.336. The van der Waals surface area contributed by atoms with Gasteiger partial charge < -0.3 is 14.8 Å². The molecular weight excluding hydrogens is 389 g/mol. The van der Waals surface area contributed by atoms with Crippen LogP contribution in [0.25, 0.3) is 5.69 Å². The number of nitrogens with zero attached hydrogens (tertiary/aromatic N) is 2. The Bertz CT molecular complexity index is 1250. The first-order valence-electron chi connectivity index (χ1n) is 10.3. The molecule has 0 spiro atoms. The van der Waals surface area contributed by atoms with Gasteiger partial charge in [0, 0.05) is 17.6 Å². The van der Waals surface area contributed by atoms with Crippen molar-refractivity contribution in [3.05, 3.63) is 119 Å². The predicted octanol–water partition coefficient (Wildman–Crippen LogP) is 6.06. The first-order chi connectivity index (χ1) is 15.1. The molecule has 1 atom stereocenters. The summed E-state index contributed by atoms with van der Waals surface area (Å²) in [4.78, 5) is 15.4. The number of urea groups is 1. The fourth-order valence-electron chi connectivity index (χ4n) is 4.29. The van der Waals surface area contributed by atoms with Gasteiger partial charge in [0.05, 0.1) is 12.2 Å². The van der Waals surface area contributed by atoms with Crippen LogP contribution >= 0.6 is 0 Å². The van der Waals surface area contributed by atoms with Gasteiger partial charge in [-0.05, 0) is 66.1 Å². The monoisotopic (exact) mass is 411 g/mol. The topological polar surface area (TPSA) is 37.3 Å². The summed E-state index contributed by atoms with van der Waals surface area (Å²) in [7, 11) is 0. The van der Waals surface area contributed by atoms with Gasteiger partial charge in [-0.25, -0.2) is 9.18 Å². The predicted molar refractivity (Wildman–Crippen MR) is 120 cm³/mol. The van der Waals surface area contributed by atoms with Crippen LogP contribution < -0.4 is 5.32 Å². The minimum absolute atomic E-state index is 0.232. The maximum atomic E-state index is 13.6. The number of benzene rings is 3. The maximum absolute atomic E-state index is 13.6. The molecule has 0 saturated carbocycles. The molecule has 0 saturated heterocycles. The molecule has 0 bridgehead atoms. The van der Waals surface area contributed by atoms with Crippen LogP contribution in [0.15, 0.2) is 91.1 Å². The highest BCUT2D eigenvalue weighted by molar-refractivity contribution is 5.90. The van der Waals surface area contributed by atoms with Crippen molar-refractivity contribution in [2.75, 3.05) is 5.32 Å². The summed E-state index contributed by atoms with van der Waals surface area (Å²) in [6, 6.07) is 25.7. The number of carbonyl (C=O) groups excluding carboxylic acids is 1. The number of nitrogens with one attached hydrogen (secondary N) is 1. The third-order valence-electron chi connectivity index (χ3n) is 5.80. The summed E-state index contributed by atoms with van der Waals surface area (Å²) in [5.41, 5.74) is 5.90. The van der Waals surface area contributed by atoms with Crippen LogP contribution in [-0.2, 0) is 6.54 Å². The Hall–Kier alpha value is -3.86. The number of anilines is 1. The van der Waals surface area contributed by atoms with Crippen LogP contribution in [-0.4, -0.2) is 15.5 Å². The number of carbonyl (C=O) groups is 1. The number of rotatable bonds is 2. The van der Waals surface area contributed by atoms with Crippen molar-refractivity contribution in [3.8, 4) is 5.69 Å². The normalized spacial score (nSPS) is 15.0. The quantitative estimate of drug-likeness (QED) is 0.428. The first-order valence-corrected chi connectivity index (χ1v) is 10.3. The Morgan fingerprint density at radius 1 is 0.935 bits per heavy atom. The van der Waals surface area contributed by atoms with Crippen LogP contribution in [0.1, 0.15) is 28.4 Å². The van der Waals surface area contributed by atoms with Gasteiger partial charge in [-0.15, -0.1) is 0 Å². The van der Waals surface area contributed by atoms with Crippen molar-refractivity contribution >= 4 is 11.7 Å². The fourth-order valence-corrected chi connectivity index (χ4v) is 4.29. The zero-order valence-corrected chi connectivity index (χ0v) is 17.1. The maximum Gasteiger partial charge on any atom is 0.322 e. The van der Waals surface area contributed by atoms with Crippen LogP contribution in [0.2, 0.25) is 0 Å². The summed E-state index contributed by atoms with van der Waals surface area (Å²) >= 11 is 0. The summed E-state index contributed by atoms with van der Waals surface area (Å²) in [6.45, 7) is 2.51. The van der Waals surface area contributed by atoms with E-state index in [0.29, 0.717) is 12.2 Å². The van der Waals surface area contributed by atoms with Crippen LogP contribution in [0.5, 0.6) is 0 Å². The van der Waals surface area contributed by atoms with Crippen molar-refractivity contribution in [3.63, 3.8) is 0 Å². The molecule has 5 heteroatoms. The molecule has 0 fully saturated rings. The lowest BCUT2D eigenvalue weighted by Crippen LogP contribution is -2.38. The van der Waals surface area contributed by atoms with Gasteiger partial charge in [-0.2, -0.15) is 0 Å². The second kappa shape index (κ2) is 7.76. The SMILES string of the molecule is Cc1ccccc1[C@H]1c2cccn2-c2ccccc2CN1C(=O)Nc1ccc(F)cc1. The molecule has 0 radical (unpaired) electrons. The average Bonchev–Trinajstić information content (AvgIpc) is 3.21. The van der Waals surface area contributed by atoms with Crippen LogP contribution in [0, 0.1) is 12.7 Å². The molecule has 1 aliphatic heterocycles. The molecule has 1 N–H and O–H groups in total. The van der Waals surface area contributed by atoms with Gasteiger partial charge in [-0.1, -0.05) is 42.5 Å². The number of fused-ring (bicyclic) bond motifs is 3. The molecule has 5 rings (SSSR count). The number of hydrogen-bond acceptors (Lipinski definition) is 1. The van der Waals surface area contributed by atoms with E-state index in [1.165, 1.54) is 12.1 Å². The molecule has 1 aromatic heterocycles. The van der Waals surface area contributed by atoms with E-state index in [9.17, 15) is 9.18 Å². The van der Waals surface area contributed by atoms with Gasteiger partial charge in [0.15, 0.2) is 0 Å². The van der Waals surface area contributed by atoms with Gasteiger partial charge in [0.25, 0.3) is 0 Å². The van der Waals surface area contributed by atoms with Gasteiger partial charge in [-0.3, -0.25) is 0 Å². The number of hydrogen-bond donors (Lipinski definition) is 1. The second-order valence-electron chi connectivity index (χ2n) is 7.76. The van der Waals surface area contributed by atoms with Crippen molar-refractivity contribution in [1.29, 1.82) is 0 Å². The number of amides is 2. The van der Waals surface area contributed by atoms with Crippen LogP contribution in [0.4, 0.5) is 14.9 Å². The third kappa shape index (κ3) is 3.48. The third-order valence-corrected chi connectivity index (χ3v) is 5.80. The molecule has 1 aliphatic rings. The Balaban J connectivity index is 1.64. The Morgan fingerprint density at radius 3 is 2.48 bits per heavy atom. The number of aryl methyl sites for hydroxylation is 1. The molecule has 4 nitrogen and oxygen atoms in total. The van der Waals surface area contributed by atoms with E-state index in [1.54, 1.807) is 12.1 Å². The molecule has 3 aromatic carbocycles. The van der Waals surface area contributed by atoms with Gasteiger partial charge in [0.1, 0.15) is 11.9 Å². The molecule has 4 aromatic rings. The highest BCUT2D eigenvalue weighted by atomic mass is 19.1. The average molecular weight is 411 g/mol. The van der Waals surface area contributed by atoms with E-state index >= 15 is 0 Å². The number of halogens is 1. The fraction of sp³-hybridized carbons (Fsp3) is 0.115. The second-order valence-corrected chi connectivity index (χ2v) is 7.76. The van der Waals surface area contributed by atoms with Crippen molar-refractivity contribution in [2.24, 2.45) is 0 Å². The van der Waals surface area contributed by atoms with Crippen molar-refractivity contribution in [2.45, 2.75) is 19.5 Å². The van der Waals surface area contributed by atoms with E-state index < -0.39 is 0 Å². The van der Waals surface area contributed by atoms with E-state index in [4.69, 9.17) is 0 Å². The largest absolute Gasteiger partial charge is 0.322 e. The van der Waals surface area contributed by atoms with E-state index in [-0.39, 0.29) is 17.9 Å². The summed E-state index contributed by atoms with van der Waals surface area (Å²) in [5, 5.41) is 2.95. The zero-order valence-electron chi connectivity index (χ0n) is 17.1. The van der Waals surface area contributed by atoms with Crippen LogP contribution in [0.3, 0.4) is 0 Å². The Morgan fingerprint density at radius 2 is 1.68 bits per heavy atom. The highest BCUT2D eigenvalue weighted by Gasteiger charge is 2.33. The minimum Gasteiger partial charge on any atom is -0.318 e. The lowest BCUT2D eigenvalue weighted by atomic mass is 9.97. The molecule has 154 valence electrons. The molecular formula is C26H22FN3O. The molecule has 0 aliphatic carbocycles. The lowest BCUT2D eigenvalue weighted by Gasteiger charge is -2.32. The molecule has 0 unspecified atom stereocenters. The van der Waals surface area contributed by atoms with Gasteiger partial charge in [0.2, 0.25) is 0 Å². The first kappa shape index (κ1) is 19.1. The smallest absolute Gasteiger partial charge is 0.318 e. The molecule has 31 heavy (non-hydrogen) atoms. The molecule has 2 heterocycles. The zero-order chi connectivity index (χ0) is 21.4. The van der Waals surface area contributed by atoms with E-state index in [0.717, 1.165) is 28.1 Å². The molecule has 2 amide bonds. The van der Waals surface area contributed by atoms with E-state index in [2.05, 4.69) is 47.1 Å². The minimum atomic E-state index is -0.336.